The molecule has 0 aliphatic rings. The maximum absolute atomic E-state index is 13.4. The van der Waals surface area contributed by atoms with Crippen molar-refractivity contribution in [3.05, 3.63) is 59.4 Å². The Labute approximate surface area is 175 Å². The number of benzene rings is 2. The van der Waals surface area contributed by atoms with Gasteiger partial charge in [-0.1, -0.05) is 18.6 Å². The van der Waals surface area contributed by atoms with E-state index >= 15 is 0 Å². The molecule has 0 aromatic heterocycles. The van der Waals surface area contributed by atoms with Crippen LogP contribution in [0.15, 0.2) is 42.5 Å². The number of hydrogen-bond donors (Lipinski definition) is 2. The Morgan fingerprint density at radius 3 is 2.20 bits per heavy atom. The molecule has 2 aromatic rings. The van der Waals surface area contributed by atoms with Gasteiger partial charge in [-0.3, -0.25) is 9.59 Å². The van der Waals surface area contributed by atoms with Crippen LogP contribution in [0.5, 0.6) is 11.5 Å². The van der Waals surface area contributed by atoms with Gasteiger partial charge in [0.25, 0.3) is 5.91 Å². The Morgan fingerprint density at radius 2 is 1.63 bits per heavy atom. The molecule has 0 saturated carbocycles. The van der Waals surface area contributed by atoms with Crippen LogP contribution >= 0.6 is 0 Å². The van der Waals surface area contributed by atoms with Gasteiger partial charge in [-0.2, -0.15) is 0 Å². The lowest BCUT2D eigenvalue weighted by Gasteiger charge is -2.11. The molecule has 0 fully saturated rings. The van der Waals surface area contributed by atoms with E-state index in [1.54, 1.807) is 50.6 Å². The summed E-state index contributed by atoms with van der Waals surface area (Å²) in [6.45, 7) is 0.415. The first kappa shape index (κ1) is 22.9. The molecular weight excluding hydrogens is 389 g/mol. The Bertz CT molecular complexity index is 871. The highest BCUT2D eigenvalue weighted by Gasteiger charge is 2.13. The van der Waals surface area contributed by atoms with Gasteiger partial charge in [0, 0.05) is 24.6 Å². The van der Waals surface area contributed by atoms with Gasteiger partial charge in [-0.25, -0.2) is 4.39 Å². The SMILES string of the molecule is COc1cc(C=C(C(=O)NCCCCCC(=O)O)c2ccc(F)cc2)cc(OC)c1. The van der Waals surface area contributed by atoms with Gasteiger partial charge in [-0.15, -0.1) is 0 Å². The van der Waals surface area contributed by atoms with E-state index in [9.17, 15) is 14.0 Å². The van der Waals surface area contributed by atoms with Crippen molar-refractivity contribution in [2.24, 2.45) is 0 Å². The summed E-state index contributed by atoms with van der Waals surface area (Å²) in [6.07, 6.45) is 3.75. The normalized spacial score (nSPS) is 11.1. The lowest BCUT2D eigenvalue weighted by atomic mass is 10.0. The summed E-state index contributed by atoms with van der Waals surface area (Å²) in [5.41, 5.74) is 1.64. The number of carboxylic acids is 1. The van der Waals surface area contributed by atoms with Crippen LogP contribution in [-0.4, -0.2) is 37.7 Å². The van der Waals surface area contributed by atoms with Crippen LogP contribution in [0.1, 0.15) is 36.8 Å². The number of methoxy groups -OCH3 is 2. The fourth-order valence-corrected chi connectivity index (χ4v) is 2.86. The van der Waals surface area contributed by atoms with E-state index in [1.165, 1.54) is 12.1 Å². The van der Waals surface area contributed by atoms with Gasteiger partial charge in [-0.05, 0) is 54.3 Å². The van der Waals surface area contributed by atoms with Gasteiger partial charge in [0.15, 0.2) is 0 Å². The molecule has 0 heterocycles. The zero-order valence-electron chi connectivity index (χ0n) is 17.1. The Balaban J connectivity index is 2.21. The minimum absolute atomic E-state index is 0.117. The number of amides is 1. The molecule has 7 heteroatoms. The lowest BCUT2D eigenvalue weighted by molar-refractivity contribution is -0.137. The van der Waals surface area contributed by atoms with Crippen LogP contribution < -0.4 is 14.8 Å². The predicted molar refractivity (Wildman–Crippen MR) is 113 cm³/mol. The Morgan fingerprint density at radius 1 is 1.00 bits per heavy atom. The van der Waals surface area contributed by atoms with Crippen molar-refractivity contribution in [3.63, 3.8) is 0 Å². The molecule has 30 heavy (non-hydrogen) atoms. The van der Waals surface area contributed by atoms with E-state index in [0.29, 0.717) is 54.0 Å². The van der Waals surface area contributed by atoms with Gasteiger partial charge in [0.1, 0.15) is 17.3 Å². The summed E-state index contributed by atoms with van der Waals surface area (Å²) in [5.74, 6) is -0.355. The summed E-state index contributed by atoms with van der Waals surface area (Å²) in [6, 6.07) is 11.0. The molecule has 6 nitrogen and oxygen atoms in total. The fourth-order valence-electron chi connectivity index (χ4n) is 2.86. The minimum Gasteiger partial charge on any atom is -0.497 e. The van der Waals surface area contributed by atoms with E-state index in [-0.39, 0.29) is 18.1 Å². The van der Waals surface area contributed by atoms with Gasteiger partial charge in [0.2, 0.25) is 0 Å². The number of carboxylic acid groups (broad SMARTS) is 1. The first-order valence-corrected chi connectivity index (χ1v) is 9.63. The van der Waals surface area contributed by atoms with Crippen LogP contribution in [0.3, 0.4) is 0 Å². The van der Waals surface area contributed by atoms with E-state index in [4.69, 9.17) is 14.6 Å². The standard InChI is InChI=1S/C23H26FNO5/c1-29-19-12-16(13-20(15-19)30-2)14-21(17-7-9-18(24)10-8-17)23(28)25-11-5-3-4-6-22(26)27/h7-10,12-15H,3-6,11H2,1-2H3,(H,25,28)(H,26,27). The van der Waals surface area contributed by atoms with E-state index in [0.717, 1.165) is 0 Å². The molecule has 2 N–H and O–H groups in total. The maximum atomic E-state index is 13.4. The summed E-state index contributed by atoms with van der Waals surface area (Å²) in [7, 11) is 3.08. The smallest absolute Gasteiger partial charge is 0.303 e. The largest absolute Gasteiger partial charge is 0.497 e. The van der Waals surface area contributed by atoms with Crippen LogP contribution in [0.25, 0.3) is 11.6 Å². The van der Waals surface area contributed by atoms with E-state index in [2.05, 4.69) is 5.32 Å². The third-order valence-corrected chi connectivity index (χ3v) is 4.44. The Hall–Kier alpha value is -3.35. The number of hydrogen-bond acceptors (Lipinski definition) is 4. The summed E-state index contributed by atoms with van der Waals surface area (Å²) in [4.78, 5) is 23.4. The molecule has 0 saturated heterocycles. The highest BCUT2D eigenvalue weighted by atomic mass is 19.1. The maximum Gasteiger partial charge on any atom is 0.303 e. The molecule has 0 unspecified atom stereocenters. The number of unbranched alkanes of at least 4 members (excludes halogenated alkanes) is 2. The number of halogens is 1. The fraction of sp³-hybridized carbons (Fsp3) is 0.304. The highest BCUT2D eigenvalue weighted by Crippen LogP contribution is 2.26. The second-order valence-corrected chi connectivity index (χ2v) is 6.67. The molecule has 2 rings (SSSR count). The van der Waals surface area contributed by atoms with Crippen molar-refractivity contribution in [2.45, 2.75) is 25.7 Å². The minimum atomic E-state index is -0.825. The average molecular weight is 415 g/mol. The quantitative estimate of drug-likeness (QED) is 0.327. The lowest BCUT2D eigenvalue weighted by Crippen LogP contribution is -2.25. The second kappa shape index (κ2) is 11.6. The predicted octanol–water partition coefficient (Wildman–Crippen LogP) is 4.14. The monoisotopic (exact) mass is 415 g/mol. The van der Waals surface area contributed by atoms with Crippen molar-refractivity contribution < 1.29 is 28.6 Å². The van der Waals surface area contributed by atoms with Crippen molar-refractivity contribution in [2.75, 3.05) is 20.8 Å². The van der Waals surface area contributed by atoms with Crippen LogP contribution in [0.2, 0.25) is 0 Å². The second-order valence-electron chi connectivity index (χ2n) is 6.67. The number of carbonyl (C=O) groups is 2. The molecule has 1 amide bonds. The molecule has 160 valence electrons. The number of nitrogens with one attached hydrogen (secondary N) is 1. The third kappa shape index (κ3) is 7.24. The van der Waals surface area contributed by atoms with Crippen molar-refractivity contribution in [1.82, 2.24) is 5.32 Å². The van der Waals surface area contributed by atoms with Gasteiger partial charge >= 0.3 is 5.97 Å². The van der Waals surface area contributed by atoms with Crippen molar-refractivity contribution in [3.8, 4) is 11.5 Å². The Kier molecular flexibility index (Phi) is 8.87. The van der Waals surface area contributed by atoms with Gasteiger partial charge in [0.05, 0.1) is 14.2 Å². The molecule has 0 spiro atoms. The van der Waals surface area contributed by atoms with Gasteiger partial charge < -0.3 is 19.9 Å². The van der Waals surface area contributed by atoms with E-state index in [1.807, 2.05) is 0 Å². The summed E-state index contributed by atoms with van der Waals surface area (Å²) in [5, 5.41) is 11.5. The number of carbonyl (C=O) groups excluding carboxylic acids is 1. The van der Waals surface area contributed by atoms with Crippen molar-refractivity contribution >= 4 is 23.5 Å². The number of aliphatic carboxylic acids is 1. The molecule has 0 radical (unpaired) electrons. The van der Waals surface area contributed by atoms with Crippen LogP contribution in [0, 0.1) is 5.82 Å². The molecule has 0 bridgehead atoms. The van der Waals surface area contributed by atoms with E-state index < -0.39 is 5.97 Å². The molecule has 0 aliphatic carbocycles. The zero-order chi connectivity index (χ0) is 21.9. The average Bonchev–Trinajstić information content (AvgIpc) is 2.74. The van der Waals surface area contributed by atoms with Crippen molar-refractivity contribution in [1.29, 1.82) is 0 Å². The third-order valence-electron chi connectivity index (χ3n) is 4.44. The molecular formula is C23H26FNO5. The topological polar surface area (TPSA) is 84.9 Å². The number of ether oxygens (including phenoxy) is 2. The molecule has 0 atom stereocenters. The first-order chi connectivity index (χ1) is 14.4. The highest BCUT2D eigenvalue weighted by molar-refractivity contribution is 6.24. The zero-order valence-corrected chi connectivity index (χ0v) is 17.1. The summed E-state index contributed by atoms with van der Waals surface area (Å²) >= 11 is 0. The first-order valence-electron chi connectivity index (χ1n) is 9.63. The number of rotatable bonds is 11. The van der Waals surface area contributed by atoms with Crippen LogP contribution in [-0.2, 0) is 9.59 Å². The van der Waals surface area contributed by atoms with Crippen LogP contribution in [0.4, 0.5) is 4.39 Å². The summed E-state index contributed by atoms with van der Waals surface area (Å²) < 4.78 is 23.9. The molecule has 0 aliphatic heterocycles. The molecule has 2 aromatic carbocycles.